The summed E-state index contributed by atoms with van der Waals surface area (Å²) in [6, 6.07) is 21.9. The van der Waals surface area contributed by atoms with Gasteiger partial charge in [0, 0.05) is 12.2 Å². The predicted octanol–water partition coefficient (Wildman–Crippen LogP) is 5.22. The van der Waals surface area contributed by atoms with Crippen LogP contribution in [0.1, 0.15) is 38.3 Å². The van der Waals surface area contributed by atoms with Gasteiger partial charge >= 0.3 is 0 Å². The summed E-state index contributed by atoms with van der Waals surface area (Å²) < 4.78 is 0. The van der Waals surface area contributed by atoms with E-state index in [0.717, 1.165) is 6.54 Å². The van der Waals surface area contributed by atoms with Gasteiger partial charge < -0.3 is 11.1 Å². The number of anilines is 1. The fourth-order valence-electron chi connectivity index (χ4n) is 2.41. The third kappa shape index (κ3) is 4.10. The zero-order valence-electron chi connectivity index (χ0n) is 12.6. The van der Waals surface area contributed by atoms with Crippen molar-refractivity contribution >= 4 is 5.69 Å². The summed E-state index contributed by atoms with van der Waals surface area (Å²) in [7, 11) is 0. The molecule has 2 aromatic rings. The van der Waals surface area contributed by atoms with E-state index < -0.39 is 0 Å². The fourth-order valence-corrected chi connectivity index (χ4v) is 2.41. The number of unbranched alkanes of at least 4 members (excludes halogenated alkanes) is 1. The maximum atomic E-state index is 2.50. The Morgan fingerprint density at radius 3 is 2.00 bits per heavy atom. The summed E-state index contributed by atoms with van der Waals surface area (Å²) in [6.07, 6.45) is 2.46. The zero-order chi connectivity index (χ0) is 13.5. The predicted molar refractivity (Wildman–Crippen MR) is 88.6 cm³/mol. The number of hydrogen-bond acceptors (Lipinski definition) is 2. The topological polar surface area (TPSA) is 38.2 Å². The van der Waals surface area contributed by atoms with Crippen LogP contribution >= 0.6 is 0 Å². The second-order valence-corrected chi connectivity index (χ2v) is 4.97. The molecule has 0 spiro atoms. The monoisotopic (exact) mass is 270 g/mol. The van der Waals surface area contributed by atoms with Gasteiger partial charge in [0.05, 0.1) is 6.04 Å². The molecule has 108 valence electrons. The van der Waals surface area contributed by atoms with Crippen LogP contribution in [-0.2, 0) is 0 Å². The smallest absolute Gasteiger partial charge is 0.0514 e. The maximum Gasteiger partial charge on any atom is 0.0514 e. The first-order chi connectivity index (χ1) is 9.33. The van der Waals surface area contributed by atoms with Crippen LogP contribution in [-0.4, -0.2) is 6.54 Å². The molecule has 0 aliphatic heterocycles. The van der Waals surface area contributed by atoms with E-state index in [2.05, 4.69) is 79.4 Å². The summed E-state index contributed by atoms with van der Waals surface area (Å²) in [5, 5.41) is 0. The zero-order valence-corrected chi connectivity index (χ0v) is 12.6. The van der Waals surface area contributed by atoms with E-state index in [1.807, 2.05) is 0 Å². The highest BCUT2D eigenvalue weighted by atomic mass is 15.2. The minimum Gasteiger partial charge on any atom is -0.365 e. The van der Waals surface area contributed by atoms with E-state index >= 15 is 0 Å². The number of nitrogens with zero attached hydrogens (tertiary/aromatic N) is 1. The third-order valence-electron chi connectivity index (χ3n) is 3.59. The number of rotatable bonds is 6. The molecule has 0 bridgehead atoms. The first-order valence-corrected chi connectivity index (χ1v) is 7.19. The highest BCUT2D eigenvalue weighted by molar-refractivity contribution is 5.48. The average molecular weight is 270 g/mol. The molecule has 0 amide bonds. The Bertz CT molecular complexity index is 467. The van der Waals surface area contributed by atoms with Crippen molar-refractivity contribution in [1.82, 2.24) is 6.15 Å². The maximum absolute atomic E-state index is 2.50. The van der Waals surface area contributed by atoms with Crippen LogP contribution in [0.4, 0.5) is 5.69 Å². The lowest BCUT2D eigenvalue weighted by Gasteiger charge is -2.31. The normalized spacial score (nSPS) is 11.5. The fraction of sp³-hybridized carbons (Fsp3) is 0.333. The van der Waals surface area contributed by atoms with Gasteiger partial charge in [-0.25, -0.2) is 0 Å². The Morgan fingerprint density at radius 1 is 0.900 bits per heavy atom. The highest BCUT2D eigenvalue weighted by Gasteiger charge is 2.15. The van der Waals surface area contributed by atoms with Crippen LogP contribution in [0.25, 0.3) is 0 Å². The standard InChI is InChI=1S/C18H23N.H3N/c1-3-4-15-19(18-13-9-6-10-14-18)16(2)17-11-7-5-8-12-17;/h5-14,16H,3-4,15H2,1-2H3;1H3. The van der Waals surface area contributed by atoms with Crippen LogP contribution in [0, 0.1) is 0 Å². The van der Waals surface area contributed by atoms with Gasteiger partial charge in [-0.2, -0.15) is 0 Å². The minimum absolute atomic E-state index is 0. The summed E-state index contributed by atoms with van der Waals surface area (Å²) in [5.41, 5.74) is 2.69. The first kappa shape index (κ1) is 16.3. The SMILES string of the molecule is CCCCN(c1ccccc1)C(C)c1ccccc1.N. The van der Waals surface area contributed by atoms with Gasteiger partial charge in [0.2, 0.25) is 0 Å². The minimum atomic E-state index is 0. The van der Waals surface area contributed by atoms with Gasteiger partial charge in [0.15, 0.2) is 0 Å². The molecule has 0 aliphatic carbocycles. The van der Waals surface area contributed by atoms with Crippen LogP contribution < -0.4 is 11.1 Å². The molecule has 2 heteroatoms. The number of benzene rings is 2. The van der Waals surface area contributed by atoms with Crippen molar-refractivity contribution < 1.29 is 0 Å². The van der Waals surface area contributed by atoms with Crippen molar-refractivity contribution in [3.05, 3.63) is 66.2 Å². The van der Waals surface area contributed by atoms with Crippen molar-refractivity contribution in [2.24, 2.45) is 0 Å². The van der Waals surface area contributed by atoms with E-state index in [9.17, 15) is 0 Å². The molecule has 20 heavy (non-hydrogen) atoms. The molecule has 0 fully saturated rings. The van der Waals surface area contributed by atoms with Crippen molar-refractivity contribution in [3.8, 4) is 0 Å². The molecule has 0 saturated carbocycles. The molecule has 3 N–H and O–H groups in total. The molecule has 1 unspecified atom stereocenters. The van der Waals surface area contributed by atoms with Crippen molar-refractivity contribution in [2.75, 3.05) is 11.4 Å². The largest absolute Gasteiger partial charge is 0.365 e. The van der Waals surface area contributed by atoms with Gasteiger partial charge in [-0.15, -0.1) is 0 Å². The molecule has 2 nitrogen and oxygen atoms in total. The molecule has 0 heterocycles. The molecular weight excluding hydrogens is 244 g/mol. The first-order valence-electron chi connectivity index (χ1n) is 7.19. The summed E-state index contributed by atoms with van der Waals surface area (Å²) in [6.45, 7) is 5.64. The van der Waals surface area contributed by atoms with Crippen LogP contribution in [0.5, 0.6) is 0 Å². The molecule has 0 aromatic heterocycles. The van der Waals surface area contributed by atoms with Crippen LogP contribution in [0.15, 0.2) is 60.7 Å². The van der Waals surface area contributed by atoms with E-state index in [1.54, 1.807) is 0 Å². The lowest BCUT2D eigenvalue weighted by atomic mass is 10.1. The molecule has 0 saturated heterocycles. The Labute approximate surface area is 123 Å². The lowest BCUT2D eigenvalue weighted by Crippen LogP contribution is -2.27. The molecule has 1 atom stereocenters. The van der Waals surface area contributed by atoms with Crippen LogP contribution in [0.2, 0.25) is 0 Å². The van der Waals surface area contributed by atoms with Gasteiger partial charge in [-0.05, 0) is 31.0 Å². The van der Waals surface area contributed by atoms with Gasteiger partial charge in [-0.3, -0.25) is 0 Å². The van der Waals surface area contributed by atoms with Gasteiger partial charge in [0.1, 0.15) is 0 Å². The Hall–Kier alpha value is -1.80. The van der Waals surface area contributed by atoms with Crippen molar-refractivity contribution in [2.45, 2.75) is 32.7 Å². The Balaban J connectivity index is 0.00000200. The molecular formula is C18H26N2. The summed E-state index contributed by atoms with van der Waals surface area (Å²) in [4.78, 5) is 2.50. The van der Waals surface area contributed by atoms with E-state index in [0.29, 0.717) is 6.04 Å². The lowest BCUT2D eigenvalue weighted by molar-refractivity contribution is 0.636. The Morgan fingerprint density at radius 2 is 1.45 bits per heavy atom. The third-order valence-corrected chi connectivity index (χ3v) is 3.59. The quantitative estimate of drug-likeness (QED) is 0.781. The van der Waals surface area contributed by atoms with Crippen molar-refractivity contribution in [1.29, 1.82) is 0 Å². The number of hydrogen-bond donors (Lipinski definition) is 1. The van der Waals surface area contributed by atoms with Crippen molar-refractivity contribution in [3.63, 3.8) is 0 Å². The second kappa shape index (κ2) is 8.39. The molecule has 0 radical (unpaired) electrons. The average Bonchev–Trinajstić information content (AvgIpc) is 2.49. The van der Waals surface area contributed by atoms with E-state index in [-0.39, 0.29) is 6.15 Å². The van der Waals surface area contributed by atoms with Gasteiger partial charge in [-0.1, -0.05) is 61.9 Å². The number of para-hydroxylation sites is 1. The van der Waals surface area contributed by atoms with Crippen LogP contribution in [0.3, 0.4) is 0 Å². The highest BCUT2D eigenvalue weighted by Crippen LogP contribution is 2.26. The second-order valence-electron chi connectivity index (χ2n) is 4.97. The summed E-state index contributed by atoms with van der Waals surface area (Å²) >= 11 is 0. The molecule has 2 aromatic carbocycles. The Kier molecular flexibility index (Phi) is 6.82. The molecule has 0 aliphatic rings. The summed E-state index contributed by atoms with van der Waals surface area (Å²) in [5.74, 6) is 0. The van der Waals surface area contributed by atoms with E-state index in [4.69, 9.17) is 0 Å². The molecule has 2 rings (SSSR count). The van der Waals surface area contributed by atoms with E-state index in [1.165, 1.54) is 24.1 Å². The van der Waals surface area contributed by atoms with Gasteiger partial charge in [0.25, 0.3) is 0 Å².